The van der Waals surface area contributed by atoms with E-state index >= 15 is 0 Å². The van der Waals surface area contributed by atoms with Crippen molar-refractivity contribution in [2.45, 2.75) is 57.1 Å². The number of hydrogen-bond acceptors (Lipinski definition) is 4. The summed E-state index contributed by atoms with van der Waals surface area (Å²) < 4.78 is 0. The molecule has 6 heteroatoms. The molecule has 1 aromatic heterocycles. The number of aliphatic hydroxyl groups excluding tert-OH is 1. The Bertz CT molecular complexity index is 468. The van der Waals surface area contributed by atoms with Gasteiger partial charge in [-0.05, 0) is 30.7 Å². The van der Waals surface area contributed by atoms with Gasteiger partial charge in [-0.25, -0.2) is 0 Å². The van der Waals surface area contributed by atoms with Crippen LogP contribution in [0.3, 0.4) is 0 Å². The summed E-state index contributed by atoms with van der Waals surface area (Å²) in [4.78, 5) is 24.5. The number of carbonyl (C=O) groups is 2. The predicted octanol–water partition coefficient (Wildman–Crippen LogP) is 2.13. The monoisotopic (exact) mass is 324 g/mol. The second kappa shape index (κ2) is 8.90. The smallest absolute Gasteiger partial charge is 0.309 e. The Balaban J connectivity index is 1.66. The normalized spacial score (nSPS) is 17.5. The van der Waals surface area contributed by atoms with E-state index in [0.29, 0.717) is 6.42 Å². The summed E-state index contributed by atoms with van der Waals surface area (Å²) in [6.45, 7) is 0.288. The van der Waals surface area contributed by atoms with Crippen LogP contribution in [0, 0.1) is 0 Å². The number of carbonyl (C=O) groups excluding carboxylic acids is 2. The zero-order valence-corrected chi connectivity index (χ0v) is 13.5. The highest BCUT2D eigenvalue weighted by atomic mass is 32.1. The van der Waals surface area contributed by atoms with Crippen LogP contribution in [0.2, 0.25) is 0 Å². The number of rotatable bonds is 5. The molecule has 0 bridgehead atoms. The second-order valence-corrected chi connectivity index (χ2v) is 6.72. The van der Waals surface area contributed by atoms with Crippen LogP contribution in [0.25, 0.3) is 0 Å². The summed E-state index contributed by atoms with van der Waals surface area (Å²) in [6, 6.07) is 3.86. The molecule has 0 radical (unpaired) electrons. The fourth-order valence-electron chi connectivity index (χ4n) is 2.70. The Labute approximate surface area is 135 Å². The fraction of sp³-hybridized carbons (Fsp3) is 0.625. The Kier molecular flexibility index (Phi) is 6.86. The van der Waals surface area contributed by atoms with Crippen molar-refractivity contribution in [3.63, 3.8) is 0 Å². The van der Waals surface area contributed by atoms with E-state index in [1.165, 1.54) is 24.2 Å². The van der Waals surface area contributed by atoms with Gasteiger partial charge < -0.3 is 15.7 Å². The van der Waals surface area contributed by atoms with Crippen molar-refractivity contribution < 1.29 is 14.7 Å². The molecule has 0 saturated heterocycles. The molecule has 1 heterocycles. The van der Waals surface area contributed by atoms with Crippen molar-refractivity contribution >= 4 is 23.2 Å². The number of nitrogens with one attached hydrogen (secondary N) is 2. The van der Waals surface area contributed by atoms with Crippen LogP contribution in [0.5, 0.6) is 0 Å². The number of aliphatic hydroxyl groups is 1. The van der Waals surface area contributed by atoms with Gasteiger partial charge in [0.15, 0.2) is 0 Å². The standard InChI is InChI=1S/C16H24N2O3S/c19-13(14-8-5-11-22-14)9-10-17-15(20)16(21)18-12-6-3-1-2-4-7-12/h5,8,11-13,19H,1-4,6-7,9-10H2,(H,17,20)(H,18,21). The highest BCUT2D eigenvalue weighted by molar-refractivity contribution is 7.10. The molecule has 3 N–H and O–H groups in total. The van der Waals surface area contributed by atoms with Crippen LogP contribution < -0.4 is 10.6 Å². The molecule has 0 spiro atoms. The lowest BCUT2D eigenvalue weighted by atomic mass is 10.1. The number of amides is 2. The third-order valence-electron chi connectivity index (χ3n) is 3.97. The molecular formula is C16H24N2O3S. The highest BCUT2D eigenvalue weighted by Gasteiger charge is 2.19. The van der Waals surface area contributed by atoms with Crippen LogP contribution in [0.4, 0.5) is 0 Å². The van der Waals surface area contributed by atoms with Gasteiger partial charge in [0.2, 0.25) is 0 Å². The first-order valence-electron chi connectivity index (χ1n) is 7.97. The summed E-state index contributed by atoms with van der Waals surface area (Å²) in [5.74, 6) is -1.17. The summed E-state index contributed by atoms with van der Waals surface area (Å²) >= 11 is 1.48. The van der Waals surface area contributed by atoms with Crippen LogP contribution >= 0.6 is 11.3 Å². The third kappa shape index (κ3) is 5.42. The van der Waals surface area contributed by atoms with Crippen LogP contribution in [-0.2, 0) is 9.59 Å². The molecule has 1 saturated carbocycles. The van der Waals surface area contributed by atoms with Gasteiger partial charge in [0.05, 0.1) is 6.10 Å². The molecule has 22 heavy (non-hydrogen) atoms. The average molecular weight is 324 g/mol. The molecule has 1 atom stereocenters. The zero-order chi connectivity index (χ0) is 15.8. The molecule has 5 nitrogen and oxygen atoms in total. The molecule has 1 fully saturated rings. The maximum atomic E-state index is 11.8. The quantitative estimate of drug-likeness (QED) is 0.573. The minimum Gasteiger partial charge on any atom is -0.388 e. The molecule has 0 aliphatic heterocycles. The zero-order valence-electron chi connectivity index (χ0n) is 12.7. The van der Waals surface area contributed by atoms with Gasteiger partial charge in [0.25, 0.3) is 0 Å². The van der Waals surface area contributed by atoms with E-state index in [1.54, 1.807) is 0 Å². The highest BCUT2D eigenvalue weighted by Crippen LogP contribution is 2.21. The lowest BCUT2D eigenvalue weighted by Crippen LogP contribution is -2.44. The number of thiophene rings is 1. The van der Waals surface area contributed by atoms with Gasteiger partial charge in [-0.2, -0.15) is 0 Å². The Morgan fingerprint density at radius 2 is 1.95 bits per heavy atom. The molecule has 2 amide bonds. The minimum absolute atomic E-state index is 0.123. The first-order valence-corrected chi connectivity index (χ1v) is 8.85. The Hall–Kier alpha value is -1.40. The molecule has 1 aromatic rings. The molecule has 2 rings (SSSR count). The lowest BCUT2D eigenvalue weighted by Gasteiger charge is -2.16. The van der Waals surface area contributed by atoms with Crippen LogP contribution in [0.1, 0.15) is 55.9 Å². The fourth-order valence-corrected chi connectivity index (χ4v) is 3.45. The second-order valence-electron chi connectivity index (χ2n) is 5.74. The van der Waals surface area contributed by atoms with E-state index in [9.17, 15) is 14.7 Å². The predicted molar refractivity (Wildman–Crippen MR) is 86.5 cm³/mol. The average Bonchev–Trinajstić information content (AvgIpc) is 2.93. The Morgan fingerprint density at radius 1 is 1.23 bits per heavy atom. The minimum atomic E-state index is -0.609. The molecule has 0 aromatic carbocycles. The largest absolute Gasteiger partial charge is 0.388 e. The molecule has 1 aliphatic rings. The summed E-state index contributed by atoms with van der Waals surface area (Å²) in [5, 5.41) is 17.2. The SMILES string of the molecule is O=C(NCCC(O)c1cccs1)C(=O)NC1CCCCCC1. The number of hydrogen-bond donors (Lipinski definition) is 3. The molecule has 1 aliphatic carbocycles. The molecular weight excluding hydrogens is 300 g/mol. The van der Waals surface area contributed by atoms with Gasteiger partial charge in [-0.1, -0.05) is 31.7 Å². The van der Waals surface area contributed by atoms with E-state index in [1.807, 2.05) is 17.5 Å². The van der Waals surface area contributed by atoms with Crippen molar-refractivity contribution in [3.05, 3.63) is 22.4 Å². The van der Waals surface area contributed by atoms with Crippen molar-refractivity contribution in [2.75, 3.05) is 6.54 Å². The van der Waals surface area contributed by atoms with Gasteiger partial charge in [-0.3, -0.25) is 9.59 Å². The van der Waals surface area contributed by atoms with Crippen molar-refractivity contribution in [1.29, 1.82) is 0 Å². The van der Waals surface area contributed by atoms with E-state index in [0.717, 1.165) is 30.6 Å². The van der Waals surface area contributed by atoms with Crippen LogP contribution in [-0.4, -0.2) is 29.5 Å². The maximum absolute atomic E-state index is 11.8. The van der Waals surface area contributed by atoms with Gasteiger partial charge in [-0.15, -0.1) is 11.3 Å². The van der Waals surface area contributed by atoms with E-state index in [-0.39, 0.29) is 12.6 Å². The molecule has 122 valence electrons. The first kappa shape index (κ1) is 17.0. The summed E-state index contributed by atoms with van der Waals surface area (Å²) in [6.07, 6.45) is 6.36. The van der Waals surface area contributed by atoms with Crippen LogP contribution in [0.15, 0.2) is 17.5 Å². The summed E-state index contributed by atoms with van der Waals surface area (Å²) in [5.41, 5.74) is 0. The van der Waals surface area contributed by atoms with E-state index in [2.05, 4.69) is 10.6 Å². The maximum Gasteiger partial charge on any atom is 0.309 e. The van der Waals surface area contributed by atoms with E-state index < -0.39 is 17.9 Å². The first-order chi connectivity index (χ1) is 10.7. The lowest BCUT2D eigenvalue weighted by molar-refractivity contribution is -0.139. The van der Waals surface area contributed by atoms with Crippen molar-refractivity contribution in [3.8, 4) is 0 Å². The van der Waals surface area contributed by atoms with Gasteiger partial charge in [0.1, 0.15) is 0 Å². The Morgan fingerprint density at radius 3 is 2.59 bits per heavy atom. The topological polar surface area (TPSA) is 78.4 Å². The third-order valence-corrected chi connectivity index (χ3v) is 4.95. The van der Waals surface area contributed by atoms with Crippen molar-refractivity contribution in [1.82, 2.24) is 10.6 Å². The van der Waals surface area contributed by atoms with Crippen molar-refractivity contribution in [2.24, 2.45) is 0 Å². The summed E-state index contributed by atoms with van der Waals surface area (Å²) in [7, 11) is 0. The van der Waals surface area contributed by atoms with Gasteiger partial charge >= 0.3 is 11.8 Å². The van der Waals surface area contributed by atoms with Gasteiger partial charge in [0, 0.05) is 17.5 Å². The van der Waals surface area contributed by atoms with E-state index in [4.69, 9.17) is 0 Å². The molecule has 1 unspecified atom stereocenters.